The van der Waals surface area contributed by atoms with Crippen LogP contribution in [0.25, 0.3) is 11.1 Å². The number of aromatic amines is 1. The molecule has 0 unspecified atom stereocenters. The van der Waals surface area contributed by atoms with E-state index in [1.54, 1.807) is 18.2 Å². The zero-order valence-corrected chi connectivity index (χ0v) is 12.6. The standard InChI is InChI=1S/C16H13N3O2S/c17-9-12-15(11-6-2-4-8-14(11)19(20)21)10-5-1-3-7-13(10)18-16(12)22/h2,4,6,8H,1,3,5,7H2,(H,18,22). The Balaban J connectivity index is 2.41. The number of nitro groups is 1. The van der Waals surface area contributed by atoms with Crippen molar-refractivity contribution < 1.29 is 4.92 Å². The van der Waals surface area contributed by atoms with Gasteiger partial charge in [0.25, 0.3) is 5.69 Å². The second-order valence-electron chi connectivity index (χ2n) is 5.25. The van der Waals surface area contributed by atoms with Crippen LogP contribution in [-0.2, 0) is 12.8 Å². The van der Waals surface area contributed by atoms with E-state index in [1.807, 2.05) is 0 Å². The van der Waals surface area contributed by atoms with Crippen LogP contribution < -0.4 is 0 Å². The van der Waals surface area contributed by atoms with Crippen LogP contribution in [0.15, 0.2) is 24.3 Å². The molecule has 110 valence electrons. The summed E-state index contributed by atoms with van der Waals surface area (Å²) in [5, 5.41) is 20.8. The van der Waals surface area contributed by atoms with Crippen molar-refractivity contribution in [3.8, 4) is 17.2 Å². The van der Waals surface area contributed by atoms with Gasteiger partial charge in [0, 0.05) is 17.3 Å². The molecule has 0 radical (unpaired) electrons. The number of rotatable bonds is 2. The number of H-pyrrole nitrogens is 1. The Kier molecular flexibility index (Phi) is 3.73. The van der Waals surface area contributed by atoms with Gasteiger partial charge in [0.15, 0.2) is 0 Å². The summed E-state index contributed by atoms with van der Waals surface area (Å²) >= 11 is 5.29. The number of pyridine rings is 1. The molecule has 5 nitrogen and oxygen atoms in total. The van der Waals surface area contributed by atoms with E-state index in [0.29, 0.717) is 21.3 Å². The van der Waals surface area contributed by atoms with E-state index in [4.69, 9.17) is 12.2 Å². The van der Waals surface area contributed by atoms with E-state index in [-0.39, 0.29) is 5.69 Å². The molecule has 0 aliphatic heterocycles. The number of para-hydroxylation sites is 1. The molecule has 0 bridgehead atoms. The van der Waals surface area contributed by atoms with Crippen LogP contribution >= 0.6 is 12.2 Å². The smallest absolute Gasteiger partial charge is 0.277 e. The molecular weight excluding hydrogens is 298 g/mol. The summed E-state index contributed by atoms with van der Waals surface area (Å²) in [4.78, 5) is 14.1. The third-order valence-electron chi connectivity index (χ3n) is 3.99. The van der Waals surface area contributed by atoms with Gasteiger partial charge in [0.1, 0.15) is 10.7 Å². The van der Waals surface area contributed by atoms with Crippen LogP contribution in [0.2, 0.25) is 0 Å². The molecule has 1 heterocycles. The normalized spacial score (nSPS) is 13.2. The summed E-state index contributed by atoms with van der Waals surface area (Å²) in [5.74, 6) is 0. The summed E-state index contributed by atoms with van der Waals surface area (Å²) in [7, 11) is 0. The maximum atomic E-state index is 11.3. The Morgan fingerprint density at radius 3 is 2.73 bits per heavy atom. The second-order valence-corrected chi connectivity index (χ2v) is 5.66. The van der Waals surface area contributed by atoms with Crippen LogP contribution in [0, 0.1) is 26.1 Å². The number of fused-ring (bicyclic) bond motifs is 1. The molecule has 1 aliphatic rings. The third kappa shape index (κ3) is 2.30. The van der Waals surface area contributed by atoms with Gasteiger partial charge < -0.3 is 4.98 Å². The van der Waals surface area contributed by atoms with Crippen molar-refractivity contribution in [3.63, 3.8) is 0 Å². The van der Waals surface area contributed by atoms with Crippen molar-refractivity contribution in [3.05, 3.63) is 55.8 Å². The van der Waals surface area contributed by atoms with E-state index < -0.39 is 4.92 Å². The van der Waals surface area contributed by atoms with Crippen LogP contribution in [0.5, 0.6) is 0 Å². The SMILES string of the molecule is N#Cc1c(-c2ccccc2[N+](=O)[O-])c2c([nH]c1=S)CCCC2. The largest absolute Gasteiger partial charge is 0.349 e. The highest BCUT2D eigenvalue weighted by Gasteiger charge is 2.24. The highest BCUT2D eigenvalue weighted by molar-refractivity contribution is 7.71. The number of benzene rings is 1. The monoisotopic (exact) mass is 311 g/mol. The van der Waals surface area contributed by atoms with Crippen molar-refractivity contribution in [1.29, 1.82) is 5.26 Å². The summed E-state index contributed by atoms with van der Waals surface area (Å²) in [6, 6.07) is 8.65. The summed E-state index contributed by atoms with van der Waals surface area (Å²) in [6.45, 7) is 0. The van der Waals surface area contributed by atoms with Crippen molar-refractivity contribution in [2.75, 3.05) is 0 Å². The Labute approximate surface area is 132 Å². The Bertz CT molecular complexity index is 865. The molecule has 0 saturated carbocycles. The average molecular weight is 311 g/mol. The minimum absolute atomic E-state index is 0.00683. The summed E-state index contributed by atoms with van der Waals surface area (Å²) in [5.41, 5.74) is 3.43. The molecule has 0 amide bonds. The van der Waals surface area contributed by atoms with Gasteiger partial charge in [-0.3, -0.25) is 10.1 Å². The lowest BCUT2D eigenvalue weighted by atomic mass is 9.86. The quantitative estimate of drug-likeness (QED) is 0.515. The van der Waals surface area contributed by atoms with E-state index in [1.165, 1.54) is 6.07 Å². The van der Waals surface area contributed by atoms with Crippen LogP contribution in [0.3, 0.4) is 0 Å². The predicted octanol–water partition coefficient (Wildman–Crippen LogP) is 4.07. The zero-order valence-electron chi connectivity index (χ0n) is 11.8. The van der Waals surface area contributed by atoms with E-state index >= 15 is 0 Å². The number of nitrogens with zero attached hydrogens (tertiary/aromatic N) is 2. The number of aromatic nitrogens is 1. The Morgan fingerprint density at radius 1 is 1.27 bits per heavy atom. The fraction of sp³-hybridized carbons (Fsp3) is 0.250. The first-order valence-corrected chi connectivity index (χ1v) is 7.46. The molecule has 1 aromatic carbocycles. The number of hydrogen-bond donors (Lipinski definition) is 1. The molecule has 0 fully saturated rings. The number of nitriles is 1. The van der Waals surface area contributed by atoms with Gasteiger partial charge in [-0.2, -0.15) is 5.26 Å². The maximum Gasteiger partial charge on any atom is 0.277 e. The lowest BCUT2D eigenvalue weighted by molar-refractivity contribution is -0.384. The topological polar surface area (TPSA) is 82.7 Å². The molecule has 1 aliphatic carbocycles. The molecule has 3 rings (SSSR count). The summed E-state index contributed by atoms with van der Waals surface area (Å²) < 4.78 is 0.358. The minimum Gasteiger partial charge on any atom is -0.349 e. The van der Waals surface area contributed by atoms with Gasteiger partial charge in [0.2, 0.25) is 0 Å². The lowest BCUT2D eigenvalue weighted by Crippen LogP contribution is -2.10. The molecule has 2 aromatic rings. The minimum atomic E-state index is -0.411. The van der Waals surface area contributed by atoms with Crippen LogP contribution in [-0.4, -0.2) is 9.91 Å². The van der Waals surface area contributed by atoms with Gasteiger partial charge in [0.05, 0.1) is 16.1 Å². The van der Waals surface area contributed by atoms with Crippen molar-refractivity contribution >= 4 is 17.9 Å². The van der Waals surface area contributed by atoms with Gasteiger partial charge >= 0.3 is 0 Å². The number of nitrogens with one attached hydrogen (secondary N) is 1. The molecule has 6 heteroatoms. The van der Waals surface area contributed by atoms with E-state index in [9.17, 15) is 15.4 Å². The number of nitro benzene ring substituents is 1. The third-order valence-corrected chi connectivity index (χ3v) is 4.30. The molecular formula is C16H13N3O2S. The van der Waals surface area contributed by atoms with Crippen molar-refractivity contribution in [2.45, 2.75) is 25.7 Å². The van der Waals surface area contributed by atoms with Crippen LogP contribution in [0.1, 0.15) is 29.7 Å². The number of aryl methyl sites for hydroxylation is 1. The molecule has 1 aromatic heterocycles. The molecule has 0 saturated heterocycles. The Hall–Kier alpha value is -2.52. The van der Waals surface area contributed by atoms with Gasteiger partial charge in [-0.15, -0.1) is 0 Å². The van der Waals surface area contributed by atoms with E-state index in [0.717, 1.165) is 36.9 Å². The Morgan fingerprint density at radius 2 is 2.00 bits per heavy atom. The first-order chi connectivity index (χ1) is 10.6. The van der Waals surface area contributed by atoms with Gasteiger partial charge in [-0.1, -0.05) is 24.4 Å². The molecule has 1 N–H and O–H groups in total. The maximum absolute atomic E-state index is 11.3. The average Bonchev–Trinajstić information content (AvgIpc) is 2.53. The van der Waals surface area contributed by atoms with Crippen LogP contribution in [0.4, 0.5) is 5.69 Å². The summed E-state index contributed by atoms with van der Waals surface area (Å²) in [6.07, 6.45) is 3.73. The molecule has 0 spiro atoms. The lowest BCUT2D eigenvalue weighted by Gasteiger charge is -2.20. The highest BCUT2D eigenvalue weighted by Crippen LogP contribution is 2.38. The van der Waals surface area contributed by atoms with Gasteiger partial charge in [-0.25, -0.2) is 0 Å². The first kappa shape index (κ1) is 14.4. The zero-order chi connectivity index (χ0) is 15.7. The van der Waals surface area contributed by atoms with Gasteiger partial charge in [-0.05, 0) is 37.3 Å². The predicted molar refractivity (Wildman–Crippen MR) is 85.1 cm³/mol. The fourth-order valence-corrected chi connectivity index (χ4v) is 3.30. The number of hydrogen-bond acceptors (Lipinski definition) is 4. The molecule has 0 atom stereocenters. The highest BCUT2D eigenvalue weighted by atomic mass is 32.1. The fourth-order valence-electron chi connectivity index (χ4n) is 3.03. The van der Waals surface area contributed by atoms with E-state index in [2.05, 4.69) is 11.1 Å². The second kappa shape index (κ2) is 5.70. The van der Waals surface area contributed by atoms with Crippen molar-refractivity contribution in [1.82, 2.24) is 4.98 Å². The molecule has 22 heavy (non-hydrogen) atoms. The first-order valence-electron chi connectivity index (χ1n) is 7.05. The van der Waals surface area contributed by atoms with Crippen molar-refractivity contribution in [2.24, 2.45) is 0 Å².